The summed E-state index contributed by atoms with van der Waals surface area (Å²) in [6, 6.07) is 5.90. The van der Waals surface area contributed by atoms with E-state index >= 15 is 0 Å². The van der Waals surface area contributed by atoms with Crippen LogP contribution >= 0.6 is 0 Å². The second-order valence-corrected chi connectivity index (χ2v) is 14.7. The zero-order valence-electron chi connectivity index (χ0n) is 25.8. The van der Waals surface area contributed by atoms with Crippen LogP contribution in [0, 0.1) is 44.6 Å². The number of likely N-dealkylation sites (tertiary alicyclic amines) is 1. The van der Waals surface area contributed by atoms with Crippen LogP contribution in [0.5, 0.6) is 5.75 Å². The topological polar surface area (TPSA) is 173 Å². The van der Waals surface area contributed by atoms with Crippen molar-refractivity contribution in [3.8, 4) is 11.8 Å². The molecule has 0 spiro atoms. The number of rotatable bonds is 9. The van der Waals surface area contributed by atoms with E-state index < -0.39 is 45.8 Å². The van der Waals surface area contributed by atoms with Gasteiger partial charge in [-0.2, -0.15) is 5.26 Å². The summed E-state index contributed by atoms with van der Waals surface area (Å²) in [6.45, 7) is 5.45. The highest BCUT2D eigenvalue weighted by atomic mass is 16.7. The number of ether oxygens (including phenoxy) is 3. The number of amides is 2. The van der Waals surface area contributed by atoms with Gasteiger partial charge >= 0.3 is 12.2 Å². The lowest BCUT2D eigenvalue weighted by atomic mass is 9.45. The number of carboxylic acid groups (broad SMARTS) is 1. The molecule has 0 aromatic heterocycles. The van der Waals surface area contributed by atoms with Gasteiger partial charge in [-0.15, -0.1) is 0 Å². The average molecular weight is 625 g/mol. The third kappa shape index (κ3) is 5.80. The van der Waals surface area contributed by atoms with Crippen molar-refractivity contribution in [2.45, 2.75) is 101 Å². The molecular weight excluding hydrogens is 584 g/mol. The third-order valence-corrected chi connectivity index (χ3v) is 10.5. The first-order valence-corrected chi connectivity index (χ1v) is 15.7. The lowest BCUT2D eigenvalue weighted by molar-refractivity contribution is -0.384. The van der Waals surface area contributed by atoms with Crippen molar-refractivity contribution in [2.24, 2.45) is 23.2 Å². The van der Waals surface area contributed by atoms with E-state index in [4.69, 9.17) is 14.2 Å². The van der Waals surface area contributed by atoms with E-state index in [-0.39, 0.29) is 48.4 Å². The Morgan fingerprint density at radius 2 is 1.78 bits per heavy atom. The minimum atomic E-state index is -1.15. The maximum atomic E-state index is 14.6. The van der Waals surface area contributed by atoms with Gasteiger partial charge in [0.1, 0.15) is 24.4 Å². The molecule has 45 heavy (non-hydrogen) atoms. The quantitative estimate of drug-likeness (QED) is 0.128. The van der Waals surface area contributed by atoms with Crippen molar-refractivity contribution in [3.05, 3.63) is 34.4 Å². The number of fused-ring (bicyclic) bond motifs is 1. The third-order valence-electron chi connectivity index (χ3n) is 10.5. The van der Waals surface area contributed by atoms with Gasteiger partial charge in [-0.1, -0.05) is 0 Å². The number of nitriles is 1. The largest absolute Gasteiger partial charge is 0.513 e. The van der Waals surface area contributed by atoms with Crippen LogP contribution in [0.15, 0.2) is 24.3 Å². The number of non-ortho nitro benzene ring substituents is 1. The summed E-state index contributed by atoms with van der Waals surface area (Å²) >= 11 is 0. The maximum absolute atomic E-state index is 14.6. The Kier molecular flexibility index (Phi) is 7.70. The SMILES string of the molecule is CC(C)(C)N(C(=O)O)[C@H](C(=O)N1[C@H](C#N)C[C@@H]2C[C@@H]21)C12CC3C[C@H](CC(OCCOC(=O)Oc4ccc([N+](=O)[O-])cc4)(C3)C1)C2. The number of nitro groups is 1. The summed E-state index contributed by atoms with van der Waals surface area (Å²) in [6.07, 6.45) is 3.93. The molecular formula is C32H40N4O9. The molecule has 8 atom stereocenters. The van der Waals surface area contributed by atoms with Gasteiger partial charge < -0.3 is 24.2 Å². The van der Waals surface area contributed by atoms with Crippen LogP contribution in [0.1, 0.15) is 72.1 Å². The molecule has 4 bridgehead atoms. The van der Waals surface area contributed by atoms with Crippen LogP contribution in [0.3, 0.4) is 0 Å². The van der Waals surface area contributed by atoms with E-state index in [0.717, 1.165) is 38.5 Å². The Labute approximate surface area is 261 Å². The normalized spacial score (nSPS) is 33.1. The first-order valence-electron chi connectivity index (χ1n) is 15.7. The Morgan fingerprint density at radius 1 is 1.11 bits per heavy atom. The number of nitrogens with zero attached hydrogens (tertiary/aromatic N) is 4. The molecule has 1 aromatic carbocycles. The summed E-state index contributed by atoms with van der Waals surface area (Å²) in [7, 11) is 0. The van der Waals surface area contributed by atoms with Crippen LogP contribution in [-0.2, 0) is 14.3 Å². The lowest BCUT2D eigenvalue weighted by Crippen LogP contribution is -2.70. The summed E-state index contributed by atoms with van der Waals surface area (Å²) < 4.78 is 16.8. The van der Waals surface area contributed by atoms with E-state index in [2.05, 4.69) is 6.07 Å². The van der Waals surface area contributed by atoms with Gasteiger partial charge in [-0.25, -0.2) is 9.59 Å². The fraction of sp³-hybridized carbons (Fsp3) is 0.688. The van der Waals surface area contributed by atoms with Gasteiger partial charge in [0.15, 0.2) is 0 Å². The minimum absolute atomic E-state index is 0.00212. The first kappa shape index (κ1) is 31.1. The van der Waals surface area contributed by atoms with Crippen molar-refractivity contribution < 1.29 is 38.6 Å². The van der Waals surface area contributed by atoms with E-state index in [0.29, 0.717) is 18.8 Å². The molecule has 3 unspecified atom stereocenters. The van der Waals surface area contributed by atoms with Crippen LogP contribution in [-0.4, -0.2) is 80.5 Å². The molecule has 1 aliphatic heterocycles. The van der Waals surface area contributed by atoms with E-state index in [1.807, 2.05) is 20.8 Å². The van der Waals surface area contributed by atoms with Crippen molar-refractivity contribution in [1.29, 1.82) is 5.26 Å². The van der Waals surface area contributed by atoms with E-state index in [1.165, 1.54) is 29.2 Å². The standard InChI is InChI=1S/C32H40N4O9/c1-30(2,3)35(28(38)39)26(27(37)34-23(17-33)11-21-12-25(21)34)31-13-19-10-20(14-31)16-32(15-19,18-31)44-9-8-43-29(40)45-24-6-4-22(5-7-24)36(41)42/h4-7,19-21,23,25-26H,8-16,18H2,1-3H3,(H,38,39)/t19-,20?,21+,23-,25-,26+,31?,32?/m0/s1. The van der Waals surface area contributed by atoms with Gasteiger partial charge in [0.25, 0.3) is 5.69 Å². The van der Waals surface area contributed by atoms with Crippen molar-refractivity contribution in [1.82, 2.24) is 9.80 Å². The Balaban J connectivity index is 1.18. The van der Waals surface area contributed by atoms with Crippen LogP contribution < -0.4 is 4.74 Å². The number of carbonyl (C=O) groups excluding carboxylic acids is 2. The number of carbonyl (C=O) groups is 3. The number of piperidine rings is 1. The first-order chi connectivity index (χ1) is 21.2. The molecule has 13 heteroatoms. The Bertz CT molecular complexity index is 1400. The molecule has 5 aliphatic carbocycles. The second kappa shape index (κ2) is 11.2. The highest BCUT2D eigenvalue weighted by Crippen LogP contribution is 2.65. The number of hydrogen-bond donors (Lipinski definition) is 1. The molecule has 7 rings (SSSR count). The van der Waals surface area contributed by atoms with Crippen molar-refractivity contribution in [3.63, 3.8) is 0 Å². The number of hydrogen-bond acceptors (Lipinski definition) is 9. The Morgan fingerprint density at radius 3 is 2.36 bits per heavy atom. The van der Waals surface area contributed by atoms with Gasteiger partial charge in [0.2, 0.25) is 5.91 Å². The fourth-order valence-corrected chi connectivity index (χ4v) is 9.34. The predicted octanol–water partition coefficient (Wildman–Crippen LogP) is 5.13. The molecule has 1 saturated heterocycles. The summed E-state index contributed by atoms with van der Waals surface area (Å²) in [4.78, 5) is 53.2. The highest BCUT2D eigenvalue weighted by molar-refractivity contribution is 5.88. The number of nitro benzene ring substituents is 1. The minimum Gasteiger partial charge on any atom is -0.465 e. The van der Waals surface area contributed by atoms with Gasteiger partial charge in [-0.05, 0) is 102 Å². The monoisotopic (exact) mass is 624 g/mol. The zero-order chi connectivity index (χ0) is 32.3. The molecule has 5 saturated carbocycles. The van der Waals surface area contributed by atoms with Crippen LogP contribution in [0.4, 0.5) is 15.3 Å². The van der Waals surface area contributed by atoms with Gasteiger partial charge in [0.05, 0.1) is 23.2 Å². The van der Waals surface area contributed by atoms with Crippen LogP contribution in [0.2, 0.25) is 0 Å². The van der Waals surface area contributed by atoms with Crippen LogP contribution in [0.25, 0.3) is 0 Å². The van der Waals surface area contributed by atoms with Crippen molar-refractivity contribution in [2.75, 3.05) is 13.2 Å². The lowest BCUT2D eigenvalue weighted by Gasteiger charge is -2.65. The molecule has 2 amide bonds. The smallest absolute Gasteiger partial charge is 0.465 e. The van der Waals surface area contributed by atoms with E-state index in [9.17, 15) is 34.9 Å². The highest BCUT2D eigenvalue weighted by Gasteiger charge is 2.66. The van der Waals surface area contributed by atoms with Crippen molar-refractivity contribution >= 4 is 23.8 Å². The fourth-order valence-electron chi connectivity index (χ4n) is 9.34. The predicted molar refractivity (Wildman–Crippen MR) is 157 cm³/mol. The summed E-state index contributed by atoms with van der Waals surface area (Å²) in [5, 5.41) is 31.3. The van der Waals surface area contributed by atoms with E-state index in [1.54, 1.807) is 4.90 Å². The molecule has 242 valence electrons. The molecule has 0 radical (unpaired) electrons. The molecule has 1 heterocycles. The number of benzene rings is 1. The Hall–Kier alpha value is -3.92. The maximum Gasteiger partial charge on any atom is 0.513 e. The second-order valence-electron chi connectivity index (χ2n) is 14.7. The summed E-state index contributed by atoms with van der Waals surface area (Å²) in [5.41, 5.74) is -2.21. The zero-order valence-corrected chi connectivity index (χ0v) is 25.8. The molecule has 1 N–H and O–H groups in total. The summed E-state index contributed by atoms with van der Waals surface area (Å²) in [5.74, 6) is 0.707. The van der Waals surface area contributed by atoms with Gasteiger partial charge in [-0.3, -0.25) is 19.8 Å². The molecule has 6 aliphatic rings. The van der Waals surface area contributed by atoms with Gasteiger partial charge in [0, 0.05) is 29.1 Å². The molecule has 13 nitrogen and oxygen atoms in total. The molecule has 6 fully saturated rings. The average Bonchev–Trinajstić information content (AvgIpc) is 3.61. The molecule has 1 aromatic rings.